The molecule has 0 spiro atoms. The maximum atomic E-state index is 12.3. The Morgan fingerprint density at radius 1 is 1.13 bits per heavy atom. The highest BCUT2D eigenvalue weighted by Crippen LogP contribution is 2.19. The van der Waals surface area contributed by atoms with E-state index in [0.717, 1.165) is 10.0 Å². The molecule has 2 aromatic carbocycles. The molecule has 1 unspecified atom stereocenters. The van der Waals surface area contributed by atoms with E-state index in [2.05, 4.69) is 26.0 Å². The molecule has 0 aliphatic carbocycles. The fourth-order valence-electron chi connectivity index (χ4n) is 2.06. The molecule has 0 saturated heterocycles. The minimum Gasteiger partial charge on any atom is -0.346 e. The van der Waals surface area contributed by atoms with E-state index >= 15 is 0 Å². The molecule has 1 amide bonds. The van der Waals surface area contributed by atoms with Gasteiger partial charge in [-0.1, -0.05) is 34.1 Å². The zero-order chi connectivity index (χ0) is 17.0. The third kappa shape index (κ3) is 4.40. The largest absolute Gasteiger partial charge is 0.346 e. The summed E-state index contributed by atoms with van der Waals surface area (Å²) in [7, 11) is -2.25. The first-order chi connectivity index (χ1) is 10.8. The summed E-state index contributed by atoms with van der Waals surface area (Å²) in [5.41, 5.74) is 1.25. The highest BCUT2D eigenvalue weighted by molar-refractivity contribution is 9.10. The third-order valence-electron chi connectivity index (χ3n) is 3.37. The summed E-state index contributed by atoms with van der Waals surface area (Å²) in [4.78, 5) is 12.4. The van der Waals surface area contributed by atoms with E-state index in [0.29, 0.717) is 5.56 Å². The quantitative estimate of drug-likeness (QED) is 0.815. The Morgan fingerprint density at radius 2 is 1.83 bits per heavy atom. The molecule has 0 bridgehead atoms. The summed E-state index contributed by atoms with van der Waals surface area (Å²) in [5.74, 6) is -0.328. The second kappa shape index (κ2) is 7.25. The molecule has 0 radical (unpaired) electrons. The van der Waals surface area contributed by atoms with Gasteiger partial charge in [-0.2, -0.15) is 0 Å². The highest BCUT2D eigenvalue weighted by atomic mass is 79.9. The number of hydrogen-bond acceptors (Lipinski definition) is 3. The summed E-state index contributed by atoms with van der Waals surface area (Å²) in [5, 5.41) is 2.86. The fraction of sp³-hybridized carbons (Fsp3) is 0.188. The van der Waals surface area contributed by atoms with E-state index in [1.807, 2.05) is 31.2 Å². The Morgan fingerprint density at radius 3 is 2.48 bits per heavy atom. The molecule has 2 aromatic rings. The second-order valence-corrected chi connectivity index (χ2v) is 7.79. The molecule has 5 nitrogen and oxygen atoms in total. The second-order valence-electron chi connectivity index (χ2n) is 4.99. The highest BCUT2D eigenvalue weighted by Gasteiger charge is 2.16. The number of hydrogen-bond donors (Lipinski definition) is 2. The van der Waals surface area contributed by atoms with Gasteiger partial charge in [0.2, 0.25) is 10.0 Å². The lowest BCUT2D eigenvalue weighted by atomic mass is 10.1. The first-order valence-corrected chi connectivity index (χ1v) is 9.21. The van der Waals surface area contributed by atoms with Crippen molar-refractivity contribution in [3.8, 4) is 0 Å². The van der Waals surface area contributed by atoms with Crippen molar-refractivity contribution in [2.24, 2.45) is 0 Å². The van der Waals surface area contributed by atoms with Crippen LogP contribution in [0.1, 0.15) is 28.9 Å². The molecule has 0 aliphatic rings. The Hall–Kier alpha value is -1.70. The molecule has 122 valence electrons. The van der Waals surface area contributed by atoms with Gasteiger partial charge >= 0.3 is 0 Å². The predicted octanol–water partition coefficient (Wildman–Crippen LogP) is 2.85. The molecule has 7 heteroatoms. The van der Waals surface area contributed by atoms with Crippen LogP contribution in [0, 0.1) is 0 Å². The van der Waals surface area contributed by atoms with Crippen LogP contribution in [0.2, 0.25) is 0 Å². The van der Waals surface area contributed by atoms with Gasteiger partial charge in [-0.3, -0.25) is 4.79 Å². The van der Waals surface area contributed by atoms with Crippen molar-refractivity contribution in [1.82, 2.24) is 10.0 Å². The van der Waals surface area contributed by atoms with Gasteiger partial charge < -0.3 is 5.32 Å². The van der Waals surface area contributed by atoms with E-state index in [1.54, 1.807) is 12.1 Å². The van der Waals surface area contributed by atoms with Gasteiger partial charge in [0.05, 0.1) is 10.9 Å². The van der Waals surface area contributed by atoms with Crippen LogP contribution in [-0.4, -0.2) is 21.4 Å². The monoisotopic (exact) mass is 396 g/mol. The first kappa shape index (κ1) is 17.7. The van der Waals surface area contributed by atoms with Gasteiger partial charge in [0, 0.05) is 10.0 Å². The number of rotatable bonds is 5. The molecule has 0 aromatic heterocycles. The minimum atomic E-state index is -3.58. The zero-order valence-electron chi connectivity index (χ0n) is 12.7. The van der Waals surface area contributed by atoms with Gasteiger partial charge in [-0.05, 0) is 49.9 Å². The van der Waals surface area contributed by atoms with Gasteiger partial charge in [-0.25, -0.2) is 13.1 Å². The number of sulfonamides is 1. The number of benzene rings is 2. The smallest absolute Gasteiger partial charge is 0.251 e. The van der Waals surface area contributed by atoms with Crippen molar-refractivity contribution in [3.05, 3.63) is 64.1 Å². The van der Waals surface area contributed by atoms with Crippen LogP contribution in [0.3, 0.4) is 0 Å². The average molecular weight is 397 g/mol. The van der Waals surface area contributed by atoms with E-state index < -0.39 is 10.0 Å². The van der Waals surface area contributed by atoms with Crippen molar-refractivity contribution in [2.75, 3.05) is 7.05 Å². The summed E-state index contributed by atoms with van der Waals surface area (Å²) in [6, 6.07) is 13.4. The summed E-state index contributed by atoms with van der Waals surface area (Å²) in [6.45, 7) is 1.87. The van der Waals surface area contributed by atoms with Crippen LogP contribution in [-0.2, 0) is 10.0 Å². The average Bonchev–Trinajstić information content (AvgIpc) is 2.55. The van der Waals surface area contributed by atoms with Crippen molar-refractivity contribution in [2.45, 2.75) is 17.9 Å². The van der Waals surface area contributed by atoms with Crippen LogP contribution in [0.4, 0.5) is 0 Å². The third-order valence-corrected chi connectivity index (χ3v) is 5.28. The van der Waals surface area contributed by atoms with Crippen LogP contribution < -0.4 is 10.0 Å². The predicted molar refractivity (Wildman–Crippen MR) is 92.7 cm³/mol. The normalized spacial score (nSPS) is 12.7. The maximum Gasteiger partial charge on any atom is 0.251 e. The molecule has 2 rings (SSSR count). The lowest BCUT2D eigenvalue weighted by molar-refractivity contribution is 0.0939. The molecule has 0 saturated carbocycles. The Labute approximate surface area is 144 Å². The number of halogens is 1. The summed E-state index contributed by atoms with van der Waals surface area (Å²) < 4.78 is 26.8. The number of nitrogens with one attached hydrogen (secondary N) is 2. The van der Waals surface area contributed by atoms with E-state index in [4.69, 9.17) is 0 Å². The van der Waals surface area contributed by atoms with Crippen molar-refractivity contribution < 1.29 is 13.2 Å². The maximum absolute atomic E-state index is 12.3. The van der Waals surface area contributed by atoms with Crippen molar-refractivity contribution >= 4 is 31.9 Å². The van der Waals surface area contributed by atoms with Gasteiger partial charge in [0.25, 0.3) is 5.91 Å². The SMILES string of the molecule is CNS(=O)(=O)c1cccc(C(=O)NC(C)c2cccc(Br)c2)c1. The number of amides is 1. The fourth-order valence-corrected chi connectivity index (χ4v) is 3.25. The minimum absolute atomic E-state index is 0.0581. The molecule has 0 heterocycles. The Balaban J connectivity index is 2.20. The standard InChI is InChI=1S/C16H17BrN2O3S/c1-11(12-5-3-7-14(17)9-12)19-16(20)13-6-4-8-15(10-13)23(21,22)18-2/h3-11,18H,1-2H3,(H,19,20). The van der Waals surface area contributed by atoms with Gasteiger partial charge in [0.1, 0.15) is 0 Å². The van der Waals surface area contributed by atoms with Gasteiger partial charge in [-0.15, -0.1) is 0 Å². The lowest BCUT2D eigenvalue weighted by Gasteiger charge is -2.15. The molecule has 0 fully saturated rings. The Bertz CT molecular complexity index is 822. The summed E-state index contributed by atoms with van der Waals surface area (Å²) >= 11 is 3.39. The molecular weight excluding hydrogens is 380 g/mol. The number of carbonyl (C=O) groups excluding carboxylic acids is 1. The molecular formula is C16H17BrN2O3S. The topological polar surface area (TPSA) is 75.3 Å². The van der Waals surface area contributed by atoms with Crippen LogP contribution in [0.25, 0.3) is 0 Å². The number of carbonyl (C=O) groups is 1. The lowest BCUT2D eigenvalue weighted by Crippen LogP contribution is -2.27. The molecule has 0 aliphatic heterocycles. The molecule has 2 N–H and O–H groups in total. The van der Waals surface area contributed by atoms with Crippen molar-refractivity contribution in [3.63, 3.8) is 0 Å². The first-order valence-electron chi connectivity index (χ1n) is 6.93. The molecule has 23 heavy (non-hydrogen) atoms. The summed E-state index contributed by atoms with van der Waals surface area (Å²) in [6.07, 6.45) is 0. The molecule has 1 atom stereocenters. The van der Waals surface area contributed by atoms with Crippen LogP contribution >= 0.6 is 15.9 Å². The van der Waals surface area contributed by atoms with Crippen LogP contribution in [0.15, 0.2) is 57.9 Å². The van der Waals surface area contributed by atoms with E-state index in [1.165, 1.54) is 19.2 Å². The van der Waals surface area contributed by atoms with Crippen molar-refractivity contribution in [1.29, 1.82) is 0 Å². The zero-order valence-corrected chi connectivity index (χ0v) is 15.1. The van der Waals surface area contributed by atoms with Crippen LogP contribution in [0.5, 0.6) is 0 Å². The van der Waals surface area contributed by atoms with Gasteiger partial charge in [0.15, 0.2) is 0 Å². The van der Waals surface area contributed by atoms with E-state index in [-0.39, 0.29) is 16.8 Å². The Kier molecular flexibility index (Phi) is 5.56. The van der Waals surface area contributed by atoms with E-state index in [9.17, 15) is 13.2 Å².